The van der Waals surface area contributed by atoms with Crippen LogP contribution in [-0.2, 0) is 22.9 Å². The molecule has 0 spiro atoms. The first-order valence-corrected chi connectivity index (χ1v) is 7.41. The average molecular weight is 284 g/mol. The third-order valence-corrected chi connectivity index (χ3v) is 3.54. The van der Waals surface area contributed by atoms with Crippen molar-refractivity contribution in [2.75, 3.05) is 13.2 Å². The van der Waals surface area contributed by atoms with Crippen LogP contribution in [0.25, 0.3) is 6.08 Å². The molecule has 0 aliphatic carbocycles. The van der Waals surface area contributed by atoms with Gasteiger partial charge in [-0.2, -0.15) is 0 Å². The van der Waals surface area contributed by atoms with E-state index in [9.17, 15) is 9.36 Å². The fraction of sp³-hybridized carbons (Fsp3) is 0.308. The van der Waals surface area contributed by atoms with Gasteiger partial charge in [0.2, 0.25) is 0 Å². The van der Waals surface area contributed by atoms with Crippen molar-refractivity contribution in [1.29, 1.82) is 0 Å². The van der Waals surface area contributed by atoms with Crippen molar-refractivity contribution < 1.29 is 22.9 Å². The van der Waals surface area contributed by atoms with Crippen molar-refractivity contribution in [2.24, 2.45) is 0 Å². The Hall–Kier alpha value is -1.42. The minimum absolute atomic E-state index is 0.132. The van der Waals surface area contributed by atoms with E-state index in [4.69, 9.17) is 13.6 Å². The first kappa shape index (κ1) is 15.6. The minimum atomic E-state index is -3.80. The molecule has 0 radical (unpaired) electrons. The first-order chi connectivity index (χ1) is 9.09. The van der Waals surface area contributed by atoms with Crippen LogP contribution in [0.3, 0.4) is 0 Å². The Morgan fingerprint density at radius 1 is 1.16 bits per heavy atom. The quantitative estimate of drug-likeness (QED) is 0.567. The predicted octanol–water partition coefficient (Wildman–Crippen LogP) is 3.42. The van der Waals surface area contributed by atoms with Gasteiger partial charge < -0.3 is 4.52 Å². The molecule has 0 fully saturated rings. The van der Waals surface area contributed by atoms with Gasteiger partial charge in [-0.3, -0.25) is 9.05 Å². The highest BCUT2D eigenvalue weighted by atomic mass is 31.2. The number of phosphoric ester groups is 1. The van der Waals surface area contributed by atoms with E-state index in [-0.39, 0.29) is 13.2 Å². The topological polar surface area (TPSA) is 61.8 Å². The van der Waals surface area contributed by atoms with Gasteiger partial charge in [0.05, 0.1) is 13.2 Å². The summed E-state index contributed by atoms with van der Waals surface area (Å²) in [4.78, 5) is 11.5. The van der Waals surface area contributed by atoms with Crippen LogP contribution in [0.2, 0.25) is 0 Å². The van der Waals surface area contributed by atoms with E-state index in [1.165, 1.54) is 6.08 Å². The van der Waals surface area contributed by atoms with Gasteiger partial charge in [0.15, 0.2) is 0 Å². The molecule has 0 aliphatic heterocycles. The zero-order valence-corrected chi connectivity index (χ0v) is 11.8. The van der Waals surface area contributed by atoms with Gasteiger partial charge in [0.25, 0.3) is 0 Å². The van der Waals surface area contributed by atoms with Crippen molar-refractivity contribution >= 4 is 19.9 Å². The lowest BCUT2D eigenvalue weighted by atomic mass is 10.2. The van der Waals surface area contributed by atoms with Crippen LogP contribution in [0, 0.1) is 0 Å². The number of hydrogen-bond acceptors (Lipinski definition) is 5. The highest BCUT2D eigenvalue weighted by Crippen LogP contribution is 2.49. The van der Waals surface area contributed by atoms with Crippen LogP contribution < -0.4 is 0 Å². The lowest BCUT2D eigenvalue weighted by Crippen LogP contribution is -2.04. The van der Waals surface area contributed by atoms with Crippen LogP contribution >= 0.6 is 7.82 Å². The Kier molecular flexibility index (Phi) is 6.50. The third-order valence-electron chi connectivity index (χ3n) is 1.99. The van der Waals surface area contributed by atoms with Crippen molar-refractivity contribution in [1.82, 2.24) is 0 Å². The maximum absolute atomic E-state index is 11.9. The molecule has 1 aromatic carbocycles. The van der Waals surface area contributed by atoms with E-state index in [2.05, 4.69) is 0 Å². The normalized spacial score (nSPS) is 11.7. The average Bonchev–Trinajstić information content (AvgIpc) is 2.38. The molecule has 0 saturated carbocycles. The summed E-state index contributed by atoms with van der Waals surface area (Å²) in [6, 6.07) is 9.21. The molecule has 0 aromatic heterocycles. The molecule has 1 rings (SSSR count). The minimum Gasteiger partial charge on any atom is -0.367 e. The zero-order valence-electron chi connectivity index (χ0n) is 10.9. The van der Waals surface area contributed by atoms with Gasteiger partial charge >= 0.3 is 13.8 Å². The summed E-state index contributed by atoms with van der Waals surface area (Å²) in [5, 5.41) is 0. The predicted molar refractivity (Wildman–Crippen MR) is 72.4 cm³/mol. The van der Waals surface area contributed by atoms with E-state index in [0.29, 0.717) is 0 Å². The number of rotatable bonds is 7. The van der Waals surface area contributed by atoms with Crippen molar-refractivity contribution in [3.05, 3.63) is 42.0 Å². The second-order valence-electron chi connectivity index (χ2n) is 3.44. The molecule has 0 saturated heterocycles. The Bertz CT molecular complexity index is 459. The van der Waals surface area contributed by atoms with Crippen molar-refractivity contribution in [3.63, 3.8) is 0 Å². The number of carbonyl (C=O) groups excluding carboxylic acids is 1. The number of benzene rings is 1. The van der Waals surface area contributed by atoms with Gasteiger partial charge in [-0.25, -0.2) is 9.36 Å². The maximum atomic E-state index is 11.9. The molecule has 0 atom stereocenters. The molecular weight excluding hydrogens is 267 g/mol. The fourth-order valence-electron chi connectivity index (χ4n) is 1.28. The number of carbonyl (C=O) groups is 1. The lowest BCUT2D eigenvalue weighted by Gasteiger charge is -2.14. The first-order valence-electron chi connectivity index (χ1n) is 5.95. The molecule has 104 valence electrons. The van der Waals surface area contributed by atoms with E-state index < -0.39 is 13.8 Å². The summed E-state index contributed by atoms with van der Waals surface area (Å²) in [7, 11) is -3.80. The van der Waals surface area contributed by atoms with E-state index in [1.54, 1.807) is 19.9 Å². The maximum Gasteiger partial charge on any atom is 0.532 e. The van der Waals surface area contributed by atoms with Gasteiger partial charge in [0, 0.05) is 6.08 Å². The number of phosphoric acid groups is 1. The van der Waals surface area contributed by atoms with Gasteiger partial charge in [-0.15, -0.1) is 0 Å². The Balaban J connectivity index is 2.63. The highest BCUT2D eigenvalue weighted by Gasteiger charge is 2.28. The van der Waals surface area contributed by atoms with E-state index in [0.717, 1.165) is 5.56 Å². The van der Waals surface area contributed by atoms with Gasteiger partial charge in [-0.1, -0.05) is 30.3 Å². The summed E-state index contributed by atoms with van der Waals surface area (Å²) >= 11 is 0. The molecule has 0 unspecified atom stereocenters. The molecule has 1 aromatic rings. The Morgan fingerprint density at radius 2 is 1.74 bits per heavy atom. The van der Waals surface area contributed by atoms with Gasteiger partial charge in [0.1, 0.15) is 0 Å². The zero-order chi connectivity index (χ0) is 14.1. The molecule has 19 heavy (non-hydrogen) atoms. The second kappa shape index (κ2) is 7.89. The van der Waals surface area contributed by atoms with E-state index in [1.807, 2.05) is 30.3 Å². The molecular formula is C13H17O5P. The fourth-order valence-corrected chi connectivity index (χ4v) is 2.37. The van der Waals surface area contributed by atoms with Crippen molar-refractivity contribution in [3.8, 4) is 0 Å². The SMILES string of the molecule is CCOP(=O)(OCC)OC(=O)/C=C/c1ccccc1. The van der Waals surface area contributed by atoms with Gasteiger partial charge in [-0.05, 0) is 25.5 Å². The number of hydrogen-bond donors (Lipinski definition) is 0. The van der Waals surface area contributed by atoms with Crippen LogP contribution in [0.1, 0.15) is 19.4 Å². The van der Waals surface area contributed by atoms with Crippen LogP contribution in [0.5, 0.6) is 0 Å². The second-order valence-corrected chi connectivity index (χ2v) is 5.03. The third kappa shape index (κ3) is 5.83. The molecule has 0 bridgehead atoms. The van der Waals surface area contributed by atoms with Crippen LogP contribution in [-0.4, -0.2) is 19.2 Å². The van der Waals surface area contributed by atoms with E-state index >= 15 is 0 Å². The molecule has 0 heterocycles. The standard InChI is InChI=1S/C13H17O5P/c1-3-16-19(15,17-4-2)18-13(14)11-10-12-8-6-5-7-9-12/h5-11H,3-4H2,1-2H3/b11-10+. The molecule has 0 aliphatic rings. The summed E-state index contributed by atoms with van der Waals surface area (Å²) in [5.74, 6) is -0.769. The molecule has 5 nitrogen and oxygen atoms in total. The molecule has 6 heteroatoms. The Morgan fingerprint density at radius 3 is 2.26 bits per heavy atom. The summed E-state index contributed by atoms with van der Waals surface area (Å²) in [6.07, 6.45) is 2.74. The summed E-state index contributed by atoms with van der Waals surface area (Å²) in [5.41, 5.74) is 0.835. The van der Waals surface area contributed by atoms with Crippen LogP contribution in [0.15, 0.2) is 36.4 Å². The summed E-state index contributed by atoms with van der Waals surface area (Å²) in [6.45, 7) is 3.54. The van der Waals surface area contributed by atoms with Crippen molar-refractivity contribution in [2.45, 2.75) is 13.8 Å². The molecule has 0 amide bonds. The largest absolute Gasteiger partial charge is 0.532 e. The highest BCUT2D eigenvalue weighted by molar-refractivity contribution is 7.49. The lowest BCUT2D eigenvalue weighted by molar-refractivity contribution is -0.130. The monoisotopic (exact) mass is 284 g/mol. The summed E-state index contributed by atoms with van der Waals surface area (Å²) < 4.78 is 26.3. The molecule has 0 N–H and O–H groups in total. The van der Waals surface area contributed by atoms with Crippen LogP contribution in [0.4, 0.5) is 0 Å². The smallest absolute Gasteiger partial charge is 0.367 e. The Labute approximate surface area is 112 Å².